The molecule has 0 bridgehead atoms. The van der Waals surface area contributed by atoms with E-state index >= 15 is 0 Å². The van der Waals surface area contributed by atoms with Crippen LogP contribution in [0.4, 0.5) is 0 Å². The first-order chi connectivity index (χ1) is 5.50. The second-order valence-electron chi connectivity index (χ2n) is 2.25. The van der Waals surface area contributed by atoms with Gasteiger partial charge in [0.2, 0.25) is 0 Å². The Labute approximate surface area is 66.8 Å². The molecule has 3 heteroatoms. The lowest BCUT2D eigenvalue weighted by Gasteiger charge is -2.10. The third-order valence-electron chi connectivity index (χ3n) is 1.34. The number of H-pyrrole nitrogens is 1. The topological polar surface area (TPSA) is 37.0 Å². The fourth-order valence-electron chi connectivity index (χ4n) is 0.794. The van der Waals surface area contributed by atoms with Crippen LogP contribution in [0.5, 0.6) is 0 Å². The molecule has 0 aliphatic carbocycles. The molecule has 2 heterocycles. The zero-order valence-corrected chi connectivity index (χ0v) is 6.55. The van der Waals surface area contributed by atoms with Gasteiger partial charge in [-0.05, 0) is 12.1 Å². The van der Waals surface area contributed by atoms with E-state index in [0.29, 0.717) is 0 Å². The van der Waals surface area contributed by atoms with Gasteiger partial charge in [0.1, 0.15) is 0 Å². The SMILES string of the molecule is C1COCCN1.c1cc[nH]c1. The molecule has 0 spiro atoms. The summed E-state index contributed by atoms with van der Waals surface area (Å²) >= 11 is 0. The lowest BCUT2D eigenvalue weighted by molar-refractivity contribution is 0.109. The van der Waals surface area contributed by atoms with Crippen LogP contribution >= 0.6 is 0 Å². The van der Waals surface area contributed by atoms with Crippen molar-refractivity contribution in [3.8, 4) is 0 Å². The number of aromatic amines is 1. The van der Waals surface area contributed by atoms with Crippen LogP contribution in [0.1, 0.15) is 0 Å². The van der Waals surface area contributed by atoms with Crippen LogP contribution in [0.2, 0.25) is 0 Å². The first-order valence-corrected chi connectivity index (χ1v) is 3.86. The Morgan fingerprint density at radius 1 is 1.00 bits per heavy atom. The van der Waals surface area contributed by atoms with Gasteiger partial charge in [0, 0.05) is 25.5 Å². The van der Waals surface area contributed by atoms with Gasteiger partial charge in [-0.3, -0.25) is 0 Å². The largest absolute Gasteiger partial charge is 0.379 e. The van der Waals surface area contributed by atoms with E-state index in [1.807, 2.05) is 24.5 Å². The highest BCUT2D eigenvalue weighted by Crippen LogP contribution is 1.76. The van der Waals surface area contributed by atoms with E-state index < -0.39 is 0 Å². The van der Waals surface area contributed by atoms with E-state index in [9.17, 15) is 0 Å². The van der Waals surface area contributed by atoms with E-state index in [-0.39, 0.29) is 0 Å². The van der Waals surface area contributed by atoms with E-state index in [4.69, 9.17) is 4.74 Å². The molecule has 1 saturated heterocycles. The normalized spacial score (nSPS) is 16.7. The fraction of sp³-hybridized carbons (Fsp3) is 0.500. The summed E-state index contributed by atoms with van der Waals surface area (Å²) in [5.74, 6) is 0. The Bertz CT molecular complexity index is 118. The number of aromatic nitrogens is 1. The number of rotatable bonds is 0. The molecule has 1 aliphatic heterocycles. The Morgan fingerprint density at radius 2 is 1.64 bits per heavy atom. The van der Waals surface area contributed by atoms with Crippen LogP contribution in [0.3, 0.4) is 0 Å². The number of ether oxygens (including phenoxy) is 1. The molecule has 1 fully saturated rings. The number of nitrogens with one attached hydrogen (secondary N) is 2. The van der Waals surface area contributed by atoms with Gasteiger partial charge < -0.3 is 15.0 Å². The highest BCUT2D eigenvalue weighted by Gasteiger charge is 1.92. The van der Waals surface area contributed by atoms with Crippen LogP contribution in [0, 0.1) is 0 Å². The zero-order chi connectivity index (χ0) is 7.78. The Hall–Kier alpha value is -0.800. The minimum Gasteiger partial charge on any atom is -0.379 e. The summed E-state index contributed by atoms with van der Waals surface area (Å²) in [6, 6.07) is 3.89. The molecule has 3 nitrogen and oxygen atoms in total. The van der Waals surface area contributed by atoms with E-state index in [1.54, 1.807) is 0 Å². The third-order valence-corrected chi connectivity index (χ3v) is 1.34. The molecule has 0 aromatic carbocycles. The summed E-state index contributed by atoms with van der Waals surface area (Å²) in [7, 11) is 0. The highest BCUT2D eigenvalue weighted by atomic mass is 16.5. The van der Waals surface area contributed by atoms with Crippen molar-refractivity contribution in [2.75, 3.05) is 26.3 Å². The van der Waals surface area contributed by atoms with Gasteiger partial charge >= 0.3 is 0 Å². The maximum Gasteiger partial charge on any atom is 0.0591 e. The lowest BCUT2D eigenvalue weighted by Crippen LogP contribution is -2.30. The first-order valence-electron chi connectivity index (χ1n) is 3.86. The van der Waals surface area contributed by atoms with Gasteiger partial charge in [-0.1, -0.05) is 0 Å². The lowest BCUT2D eigenvalue weighted by atomic mass is 10.5. The number of hydrogen-bond donors (Lipinski definition) is 2. The summed E-state index contributed by atoms with van der Waals surface area (Å²) in [5, 5.41) is 3.16. The van der Waals surface area contributed by atoms with Crippen LogP contribution < -0.4 is 5.32 Å². The summed E-state index contributed by atoms with van der Waals surface area (Å²) in [6.45, 7) is 3.83. The van der Waals surface area contributed by atoms with Crippen molar-refractivity contribution >= 4 is 0 Å². The molecule has 11 heavy (non-hydrogen) atoms. The predicted octanol–water partition coefficient (Wildman–Crippen LogP) is 0.621. The Balaban J connectivity index is 0.000000112. The molecule has 1 aliphatic rings. The summed E-state index contributed by atoms with van der Waals surface area (Å²) in [4.78, 5) is 2.86. The van der Waals surface area contributed by atoms with Gasteiger partial charge in [-0.2, -0.15) is 0 Å². The standard InChI is InChI=1S/C4H9NO.C4H5N/c1-3-6-4-2-5-1;1-2-4-5-3-1/h5H,1-4H2;1-5H. The molecule has 1 aromatic heterocycles. The molecule has 0 saturated carbocycles. The minimum absolute atomic E-state index is 0.889. The van der Waals surface area contributed by atoms with Crippen molar-refractivity contribution < 1.29 is 4.74 Å². The predicted molar refractivity (Wildman–Crippen MR) is 44.5 cm³/mol. The molecule has 62 valence electrons. The van der Waals surface area contributed by atoms with Crippen molar-refractivity contribution in [2.45, 2.75) is 0 Å². The van der Waals surface area contributed by atoms with E-state index in [1.165, 1.54) is 0 Å². The van der Waals surface area contributed by atoms with Crippen molar-refractivity contribution in [3.05, 3.63) is 24.5 Å². The van der Waals surface area contributed by atoms with Crippen molar-refractivity contribution in [2.24, 2.45) is 0 Å². The van der Waals surface area contributed by atoms with Crippen LogP contribution in [-0.4, -0.2) is 31.3 Å². The molecule has 0 radical (unpaired) electrons. The summed E-state index contributed by atoms with van der Waals surface area (Å²) in [6.07, 6.45) is 3.75. The van der Waals surface area contributed by atoms with Crippen molar-refractivity contribution in [1.29, 1.82) is 0 Å². The first kappa shape index (κ1) is 8.30. The fourth-order valence-corrected chi connectivity index (χ4v) is 0.794. The average molecular weight is 154 g/mol. The quantitative estimate of drug-likeness (QED) is 0.575. The van der Waals surface area contributed by atoms with Gasteiger partial charge in [0.25, 0.3) is 0 Å². The van der Waals surface area contributed by atoms with Crippen molar-refractivity contribution in [3.63, 3.8) is 0 Å². The summed E-state index contributed by atoms with van der Waals surface area (Å²) < 4.78 is 5.01. The second-order valence-corrected chi connectivity index (χ2v) is 2.25. The Morgan fingerprint density at radius 3 is 1.82 bits per heavy atom. The van der Waals surface area contributed by atoms with E-state index in [2.05, 4.69) is 10.3 Å². The van der Waals surface area contributed by atoms with Gasteiger partial charge in [-0.15, -0.1) is 0 Å². The molecular formula is C8H14N2O. The van der Waals surface area contributed by atoms with Crippen LogP contribution in [0.25, 0.3) is 0 Å². The smallest absolute Gasteiger partial charge is 0.0591 e. The van der Waals surface area contributed by atoms with Gasteiger partial charge in [-0.25, -0.2) is 0 Å². The van der Waals surface area contributed by atoms with Crippen molar-refractivity contribution in [1.82, 2.24) is 10.3 Å². The molecule has 2 N–H and O–H groups in total. The second kappa shape index (κ2) is 5.95. The zero-order valence-electron chi connectivity index (χ0n) is 6.55. The molecular weight excluding hydrogens is 140 g/mol. The van der Waals surface area contributed by atoms with Gasteiger partial charge in [0.05, 0.1) is 13.2 Å². The molecule has 0 unspecified atom stereocenters. The minimum atomic E-state index is 0.889. The van der Waals surface area contributed by atoms with Gasteiger partial charge in [0.15, 0.2) is 0 Å². The van der Waals surface area contributed by atoms with Crippen LogP contribution in [0.15, 0.2) is 24.5 Å². The third kappa shape index (κ3) is 4.58. The summed E-state index contributed by atoms with van der Waals surface area (Å²) in [5.41, 5.74) is 0. The molecule has 0 atom stereocenters. The van der Waals surface area contributed by atoms with E-state index in [0.717, 1.165) is 26.3 Å². The van der Waals surface area contributed by atoms with Crippen LogP contribution in [-0.2, 0) is 4.74 Å². The molecule has 1 aromatic rings. The Kier molecular flexibility index (Phi) is 4.49. The maximum atomic E-state index is 5.01. The average Bonchev–Trinajstić information content (AvgIpc) is 2.64. The maximum absolute atomic E-state index is 5.01. The monoisotopic (exact) mass is 154 g/mol. The highest BCUT2D eigenvalue weighted by molar-refractivity contribution is 4.84. The number of hydrogen-bond acceptors (Lipinski definition) is 2. The molecule has 0 amide bonds. The molecule has 2 rings (SSSR count). The number of morpholine rings is 1.